The first-order valence-corrected chi connectivity index (χ1v) is 3.85. The van der Waals surface area contributed by atoms with Crippen LogP contribution in [0.3, 0.4) is 0 Å². The Hall–Kier alpha value is -1.65. The van der Waals surface area contributed by atoms with E-state index < -0.39 is 0 Å². The molecule has 2 aromatic heterocycles. The van der Waals surface area contributed by atoms with E-state index in [2.05, 4.69) is 20.4 Å². The molecule has 1 aliphatic heterocycles. The van der Waals surface area contributed by atoms with E-state index in [-0.39, 0.29) is 0 Å². The summed E-state index contributed by atoms with van der Waals surface area (Å²) in [6.07, 6.45) is 4.61. The van der Waals surface area contributed by atoms with Crippen LogP contribution in [0.4, 0.5) is 0 Å². The summed E-state index contributed by atoms with van der Waals surface area (Å²) in [6.45, 7) is 0.953. The summed E-state index contributed by atoms with van der Waals surface area (Å²) in [6, 6.07) is 0. The lowest BCUT2D eigenvalue weighted by Gasteiger charge is -2.11. The van der Waals surface area contributed by atoms with E-state index in [1.165, 1.54) is 5.56 Å². The summed E-state index contributed by atoms with van der Waals surface area (Å²) in [7, 11) is 0. The quantitative estimate of drug-likeness (QED) is 0.601. The molecule has 0 atom stereocenters. The van der Waals surface area contributed by atoms with Crippen LogP contribution < -0.4 is 0 Å². The first-order valence-electron chi connectivity index (χ1n) is 3.85. The average molecular weight is 161 g/mol. The van der Waals surface area contributed by atoms with Gasteiger partial charge >= 0.3 is 0 Å². The minimum atomic E-state index is 0.897. The Kier molecular flexibility index (Phi) is 0.957. The van der Waals surface area contributed by atoms with Gasteiger partial charge in [0.15, 0.2) is 5.82 Å². The van der Waals surface area contributed by atoms with E-state index in [9.17, 15) is 0 Å². The number of aromatic amines is 1. The molecular weight excluding hydrogens is 154 g/mol. The third-order valence-electron chi connectivity index (χ3n) is 2.18. The van der Waals surface area contributed by atoms with Crippen LogP contribution in [-0.4, -0.2) is 25.0 Å². The summed E-state index contributed by atoms with van der Waals surface area (Å²) in [5.74, 6) is 0.897. The monoisotopic (exact) mass is 161 g/mol. The van der Waals surface area contributed by atoms with Gasteiger partial charge in [0.2, 0.25) is 0 Å². The number of nitrogens with one attached hydrogen (secondary N) is 1. The van der Waals surface area contributed by atoms with Crippen molar-refractivity contribution < 1.29 is 0 Å². The molecule has 3 heterocycles. The Morgan fingerprint density at radius 3 is 3.50 bits per heavy atom. The maximum absolute atomic E-state index is 4.01. The van der Waals surface area contributed by atoms with Crippen molar-refractivity contribution in [2.75, 3.05) is 0 Å². The Morgan fingerprint density at radius 1 is 1.50 bits per heavy atom. The van der Waals surface area contributed by atoms with Crippen molar-refractivity contribution in [3.63, 3.8) is 0 Å². The van der Waals surface area contributed by atoms with Crippen LogP contribution >= 0.6 is 0 Å². The molecule has 12 heavy (non-hydrogen) atoms. The van der Waals surface area contributed by atoms with E-state index in [0.29, 0.717) is 0 Å². The highest BCUT2D eigenvalue weighted by molar-refractivity contribution is 5.55. The molecule has 0 bridgehead atoms. The van der Waals surface area contributed by atoms with Crippen LogP contribution in [0.1, 0.15) is 5.56 Å². The largest absolute Gasteiger partial charge is 0.312 e. The average Bonchev–Trinajstić information content (AvgIpc) is 2.71. The van der Waals surface area contributed by atoms with Gasteiger partial charge in [0, 0.05) is 12.1 Å². The van der Waals surface area contributed by atoms with Crippen molar-refractivity contribution in [3.05, 3.63) is 18.1 Å². The lowest BCUT2D eigenvalue weighted by Crippen LogP contribution is -2.09. The van der Waals surface area contributed by atoms with Gasteiger partial charge in [0.25, 0.3) is 0 Å². The number of fused-ring (bicyclic) bond motifs is 3. The summed E-state index contributed by atoms with van der Waals surface area (Å²) >= 11 is 0. The molecule has 5 heteroatoms. The molecule has 0 fully saturated rings. The van der Waals surface area contributed by atoms with Crippen LogP contribution in [0.5, 0.6) is 0 Å². The van der Waals surface area contributed by atoms with Crippen LogP contribution in [0, 0.1) is 0 Å². The zero-order valence-corrected chi connectivity index (χ0v) is 6.36. The lowest BCUT2D eigenvalue weighted by molar-refractivity contribution is 0.680. The first-order chi connectivity index (χ1) is 5.95. The fraction of sp³-hybridized carbons (Fsp3) is 0.286. The Labute approximate surface area is 68.4 Å². The standard InChI is InChI=1S/C7H7N5/c1-2-12-4-9-11-7(12)6-5(1)3-8-10-6/h3-4H,1-2H2,(H,8,10). The van der Waals surface area contributed by atoms with Gasteiger partial charge in [-0.2, -0.15) is 5.10 Å². The van der Waals surface area contributed by atoms with Crippen molar-refractivity contribution in [1.29, 1.82) is 0 Å². The van der Waals surface area contributed by atoms with E-state index in [4.69, 9.17) is 0 Å². The second-order valence-electron chi connectivity index (χ2n) is 2.87. The zero-order valence-electron chi connectivity index (χ0n) is 6.36. The second-order valence-corrected chi connectivity index (χ2v) is 2.87. The molecule has 0 aromatic carbocycles. The first kappa shape index (κ1) is 5.93. The van der Waals surface area contributed by atoms with Gasteiger partial charge in [-0.25, -0.2) is 0 Å². The van der Waals surface area contributed by atoms with Gasteiger partial charge in [0.05, 0.1) is 6.20 Å². The molecular formula is C7H7N5. The van der Waals surface area contributed by atoms with Crippen molar-refractivity contribution in [1.82, 2.24) is 25.0 Å². The van der Waals surface area contributed by atoms with E-state index in [0.717, 1.165) is 24.5 Å². The second kappa shape index (κ2) is 1.94. The number of hydrogen-bond donors (Lipinski definition) is 1. The highest BCUT2D eigenvalue weighted by Gasteiger charge is 2.18. The number of rotatable bonds is 0. The highest BCUT2D eigenvalue weighted by atomic mass is 15.3. The van der Waals surface area contributed by atoms with Crippen molar-refractivity contribution in [2.24, 2.45) is 0 Å². The number of nitrogens with zero attached hydrogens (tertiary/aromatic N) is 4. The molecule has 1 aliphatic rings. The molecule has 0 saturated heterocycles. The summed E-state index contributed by atoms with van der Waals surface area (Å²) in [4.78, 5) is 0. The normalized spacial score (nSPS) is 14.0. The third kappa shape index (κ3) is 0.603. The number of hydrogen-bond acceptors (Lipinski definition) is 3. The lowest BCUT2D eigenvalue weighted by atomic mass is 10.1. The Bertz CT molecular complexity index is 373. The molecule has 5 nitrogen and oxygen atoms in total. The summed E-state index contributed by atoms with van der Waals surface area (Å²) < 4.78 is 2.03. The smallest absolute Gasteiger partial charge is 0.182 e. The molecule has 0 aliphatic carbocycles. The number of aromatic nitrogens is 5. The van der Waals surface area contributed by atoms with Crippen LogP contribution in [0.15, 0.2) is 12.5 Å². The molecule has 60 valence electrons. The molecule has 3 rings (SSSR count). The van der Waals surface area contributed by atoms with Crippen LogP contribution in [0.25, 0.3) is 11.5 Å². The van der Waals surface area contributed by atoms with E-state index >= 15 is 0 Å². The van der Waals surface area contributed by atoms with Crippen LogP contribution in [0.2, 0.25) is 0 Å². The van der Waals surface area contributed by atoms with E-state index in [1.807, 2.05) is 10.8 Å². The maximum atomic E-state index is 4.01. The molecule has 0 amide bonds. The molecule has 1 N–H and O–H groups in total. The third-order valence-corrected chi connectivity index (χ3v) is 2.18. The van der Waals surface area contributed by atoms with Gasteiger partial charge in [-0.1, -0.05) is 0 Å². The Morgan fingerprint density at radius 2 is 2.50 bits per heavy atom. The van der Waals surface area contributed by atoms with E-state index in [1.54, 1.807) is 6.33 Å². The summed E-state index contributed by atoms with van der Waals surface area (Å²) in [5, 5.41) is 14.8. The van der Waals surface area contributed by atoms with Gasteiger partial charge in [-0.15, -0.1) is 10.2 Å². The van der Waals surface area contributed by atoms with Gasteiger partial charge < -0.3 is 4.57 Å². The molecule has 0 saturated carbocycles. The SMILES string of the molecule is c1n[nH]c2c1CCn1cnnc1-2. The molecule has 0 unspecified atom stereocenters. The minimum Gasteiger partial charge on any atom is -0.312 e. The van der Waals surface area contributed by atoms with Crippen molar-refractivity contribution >= 4 is 0 Å². The molecule has 0 radical (unpaired) electrons. The van der Waals surface area contributed by atoms with Gasteiger partial charge in [-0.3, -0.25) is 5.10 Å². The van der Waals surface area contributed by atoms with Crippen LogP contribution in [-0.2, 0) is 13.0 Å². The Balaban J connectivity index is 2.32. The molecule has 2 aromatic rings. The fourth-order valence-corrected chi connectivity index (χ4v) is 1.55. The summed E-state index contributed by atoms with van der Waals surface area (Å²) in [5.41, 5.74) is 2.24. The predicted molar refractivity (Wildman–Crippen MR) is 41.3 cm³/mol. The number of H-pyrrole nitrogens is 1. The number of aryl methyl sites for hydroxylation is 2. The zero-order chi connectivity index (χ0) is 7.97. The van der Waals surface area contributed by atoms with Gasteiger partial charge in [0.1, 0.15) is 12.0 Å². The maximum Gasteiger partial charge on any atom is 0.182 e. The van der Waals surface area contributed by atoms with Gasteiger partial charge in [-0.05, 0) is 6.42 Å². The fourth-order valence-electron chi connectivity index (χ4n) is 1.55. The predicted octanol–water partition coefficient (Wildman–Crippen LogP) is 0.224. The van der Waals surface area contributed by atoms with Crippen molar-refractivity contribution in [2.45, 2.75) is 13.0 Å². The minimum absolute atomic E-state index is 0.897. The van der Waals surface area contributed by atoms with Crippen molar-refractivity contribution in [3.8, 4) is 11.5 Å². The topological polar surface area (TPSA) is 59.4 Å². The molecule has 0 spiro atoms. The highest BCUT2D eigenvalue weighted by Crippen LogP contribution is 2.23.